The van der Waals surface area contributed by atoms with Crippen LogP contribution < -0.4 is 4.74 Å². The highest BCUT2D eigenvalue weighted by atomic mass is 16.6. The first-order chi connectivity index (χ1) is 13.6. The second kappa shape index (κ2) is 9.45. The predicted octanol–water partition coefficient (Wildman–Crippen LogP) is 1.61. The monoisotopic (exact) mass is 383 g/mol. The number of likely N-dealkylation sites (tertiary alicyclic amines) is 1. The number of aliphatic hydroxyl groups is 1. The number of benzene rings is 1. The molecule has 0 spiro atoms. The predicted molar refractivity (Wildman–Crippen MR) is 103 cm³/mol. The second-order valence-corrected chi connectivity index (χ2v) is 7.07. The van der Waals surface area contributed by atoms with Gasteiger partial charge in [-0.2, -0.15) is 5.26 Å². The molecular weight excluding hydrogens is 358 g/mol. The van der Waals surface area contributed by atoms with Gasteiger partial charge in [-0.15, -0.1) is 5.92 Å². The van der Waals surface area contributed by atoms with E-state index in [4.69, 9.17) is 14.7 Å². The van der Waals surface area contributed by atoms with Gasteiger partial charge >= 0.3 is 6.09 Å². The molecule has 1 aromatic rings. The Hall–Kier alpha value is -2.74. The van der Waals surface area contributed by atoms with Crippen LogP contribution in [0.1, 0.15) is 25.3 Å². The van der Waals surface area contributed by atoms with Crippen LogP contribution in [0, 0.1) is 23.2 Å². The van der Waals surface area contributed by atoms with E-state index in [9.17, 15) is 9.90 Å². The van der Waals surface area contributed by atoms with Crippen LogP contribution in [-0.4, -0.2) is 72.0 Å². The van der Waals surface area contributed by atoms with Gasteiger partial charge in [-0.25, -0.2) is 4.79 Å². The molecule has 1 N–H and O–H groups in total. The molecule has 3 atom stereocenters. The van der Waals surface area contributed by atoms with Crippen molar-refractivity contribution in [3.63, 3.8) is 0 Å². The van der Waals surface area contributed by atoms with Crippen LogP contribution in [0.3, 0.4) is 0 Å². The van der Waals surface area contributed by atoms with Crippen molar-refractivity contribution in [1.29, 1.82) is 5.26 Å². The maximum Gasteiger partial charge on any atom is 0.410 e. The van der Waals surface area contributed by atoms with Crippen LogP contribution in [0.15, 0.2) is 24.3 Å². The molecule has 0 radical (unpaired) electrons. The maximum atomic E-state index is 12.2. The molecule has 3 unspecified atom stereocenters. The number of fused-ring (bicyclic) bond motifs is 2. The Bertz CT molecular complexity index is 764. The molecule has 7 heteroatoms. The molecule has 3 rings (SSSR count). The molecule has 0 aliphatic carbocycles. The van der Waals surface area contributed by atoms with Crippen molar-refractivity contribution >= 4 is 6.09 Å². The average molecular weight is 383 g/mol. The Balaban J connectivity index is 1.46. The number of nitriles is 1. The van der Waals surface area contributed by atoms with E-state index in [0.717, 1.165) is 12.8 Å². The molecule has 2 aliphatic heterocycles. The van der Waals surface area contributed by atoms with E-state index in [1.54, 1.807) is 36.1 Å². The van der Waals surface area contributed by atoms with Gasteiger partial charge < -0.3 is 19.5 Å². The molecule has 1 aromatic carbocycles. The highest BCUT2D eigenvalue weighted by molar-refractivity contribution is 5.68. The quantitative estimate of drug-likeness (QED) is 0.751. The summed E-state index contributed by atoms with van der Waals surface area (Å²) >= 11 is 0. The first-order valence-corrected chi connectivity index (χ1v) is 9.48. The topological polar surface area (TPSA) is 86.0 Å². The van der Waals surface area contributed by atoms with Crippen LogP contribution in [0.2, 0.25) is 0 Å². The fraction of sp³-hybridized carbons (Fsp3) is 0.524. The summed E-state index contributed by atoms with van der Waals surface area (Å²) in [6.45, 7) is 3.74. The molecule has 2 saturated heterocycles. The van der Waals surface area contributed by atoms with E-state index in [0.29, 0.717) is 30.9 Å². The second-order valence-electron chi connectivity index (χ2n) is 7.07. The molecule has 2 fully saturated rings. The van der Waals surface area contributed by atoms with Crippen LogP contribution in [0.5, 0.6) is 5.75 Å². The average Bonchev–Trinajstić information content (AvgIpc) is 2.93. The number of rotatable bonds is 6. The third-order valence-corrected chi connectivity index (χ3v) is 5.18. The summed E-state index contributed by atoms with van der Waals surface area (Å²) < 4.78 is 10.8. The maximum absolute atomic E-state index is 12.2. The third-order valence-electron chi connectivity index (χ3n) is 5.18. The van der Waals surface area contributed by atoms with Gasteiger partial charge in [0.15, 0.2) is 6.61 Å². The fourth-order valence-electron chi connectivity index (χ4n) is 3.81. The molecule has 0 saturated carbocycles. The number of nitrogens with zero attached hydrogens (tertiary/aromatic N) is 3. The van der Waals surface area contributed by atoms with Gasteiger partial charge in [0.1, 0.15) is 18.5 Å². The van der Waals surface area contributed by atoms with E-state index < -0.39 is 6.10 Å². The van der Waals surface area contributed by atoms with Gasteiger partial charge in [-0.05, 0) is 44.0 Å². The Morgan fingerprint density at radius 1 is 1.29 bits per heavy atom. The fourth-order valence-corrected chi connectivity index (χ4v) is 3.81. The molecule has 0 aromatic heterocycles. The van der Waals surface area contributed by atoms with Gasteiger partial charge in [0.2, 0.25) is 0 Å². The number of carbonyl (C=O) groups excluding carboxylic acids is 1. The van der Waals surface area contributed by atoms with Crippen LogP contribution in [0.25, 0.3) is 0 Å². The van der Waals surface area contributed by atoms with E-state index in [-0.39, 0.29) is 31.4 Å². The SMILES string of the molecule is CC#CCOC(=O)N1CC2CCC(C1)N2CC(O)COc1ccc(C#N)cc1. The largest absolute Gasteiger partial charge is 0.491 e. The zero-order valence-electron chi connectivity index (χ0n) is 16.0. The lowest BCUT2D eigenvalue weighted by Crippen LogP contribution is -2.57. The molecule has 7 nitrogen and oxygen atoms in total. The van der Waals surface area contributed by atoms with Crippen LogP contribution in [-0.2, 0) is 4.74 Å². The highest BCUT2D eigenvalue weighted by Gasteiger charge is 2.42. The van der Waals surface area contributed by atoms with Crippen molar-refractivity contribution in [3.8, 4) is 23.7 Å². The summed E-state index contributed by atoms with van der Waals surface area (Å²) in [6.07, 6.45) is 1.07. The van der Waals surface area contributed by atoms with Gasteiger partial charge in [0.05, 0.1) is 11.6 Å². The summed E-state index contributed by atoms with van der Waals surface area (Å²) in [4.78, 5) is 16.2. The minimum absolute atomic E-state index is 0.121. The zero-order valence-corrected chi connectivity index (χ0v) is 16.0. The lowest BCUT2D eigenvalue weighted by atomic mass is 10.1. The first kappa shape index (κ1) is 20.0. The van der Waals surface area contributed by atoms with E-state index in [2.05, 4.69) is 22.8 Å². The zero-order chi connectivity index (χ0) is 19.9. The number of piperazine rings is 1. The van der Waals surface area contributed by atoms with Crippen molar-refractivity contribution in [1.82, 2.24) is 9.80 Å². The number of amides is 1. The van der Waals surface area contributed by atoms with E-state index in [1.807, 2.05) is 0 Å². The van der Waals surface area contributed by atoms with E-state index >= 15 is 0 Å². The molecule has 2 aliphatic rings. The van der Waals surface area contributed by atoms with Crippen molar-refractivity contribution in [2.45, 2.75) is 38.0 Å². The molecule has 28 heavy (non-hydrogen) atoms. The van der Waals surface area contributed by atoms with Crippen LogP contribution >= 0.6 is 0 Å². The minimum Gasteiger partial charge on any atom is -0.491 e. The van der Waals surface area contributed by atoms with Gasteiger partial charge in [-0.3, -0.25) is 4.90 Å². The lowest BCUT2D eigenvalue weighted by molar-refractivity contribution is 0.0101. The van der Waals surface area contributed by atoms with Crippen molar-refractivity contribution in [3.05, 3.63) is 29.8 Å². The molecule has 2 bridgehead atoms. The van der Waals surface area contributed by atoms with Gasteiger partial charge in [0, 0.05) is 31.7 Å². The summed E-state index contributed by atoms with van der Waals surface area (Å²) in [6, 6.07) is 9.34. The number of ether oxygens (including phenoxy) is 2. The summed E-state index contributed by atoms with van der Waals surface area (Å²) in [5, 5.41) is 19.2. The summed E-state index contributed by atoms with van der Waals surface area (Å²) in [5.74, 6) is 6.07. The number of hydrogen-bond acceptors (Lipinski definition) is 6. The van der Waals surface area contributed by atoms with Crippen molar-refractivity contribution < 1.29 is 19.4 Å². The lowest BCUT2D eigenvalue weighted by Gasteiger charge is -2.41. The smallest absolute Gasteiger partial charge is 0.410 e. The Kier molecular flexibility index (Phi) is 6.76. The van der Waals surface area contributed by atoms with E-state index in [1.165, 1.54) is 0 Å². The first-order valence-electron chi connectivity index (χ1n) is 9.48. The summed E-state index contributed by atoms with van der Waals surface area (Å²) in [5.41, 5.74) is 0.572. The van der Waals surface area contributed by atoms with Gasteiger partial charge in [0.25, 0.3) is 0 Å². The molecule has 2 heterocycles. The Morgan fingerprint density at radius 3 is 2.57 bits per heavy atom. The van der Waals surface area contributed by atoms with Crippen molar-refractivity contribution in [2.24, 2.45) is 0 Å². The summed E-state index contributed by atoms with van der Waals surface area (Å²) in [7, 11) is 0. The minimum atomic E-state index is -0.628. The molecule has 148 valence electrons. The Labute approximate surface area is 165 Å². The number of hydrogen-bond donors (Lipinski definition) is 1. The highest BCUT2D eigenvalue weighted by Crippen LogP contribution is 2.30. The van der Waals surface area contributed by atoms with Crippen molar-refractivity contribution in [2.75, 3.05) is 32.8 Å². The standard InChI is InChI=1S/C21H25N3O4/c1-2-3-10-27-21(26)23-12-17-6-7-18(13-23)24(17)14-19(25)15-28-20-8-4-16(11-22)5-9-20/h4-5,8-9,17-19,25H,6-7,10,12-15H2,1H3. The number of aliphatic hydroxyl groups excluding tert-OH is 1. The number of carbonyl (C=O) groups is 1. The molecular formula is C21H25N3O4. The normalized spacial score (nSPS) is 22.0. The van der Waals surface area contributed by atoms with Crippen LogP contribution in [0.4, 0.5) is 4.79 Å². The Morgan fingerprint density at radius 2 is 1.96 bits per heavy atom. The third kappa shape index (κ3) is 4.95. The van der Waals surface area contributed by atoms with Gasteiger partial charge in [-0.1, -0.05) is 5.92 Å². The molecule has 1 amide bonds.